The molecule has 1 N–H and O–H groups in total. The zero-order valence-electron chi connectivity index (χ0n) is 18.9. The van der Waals surface area contributed by atoms with Crippen molar-refractivity contribution in [2.75, 3.05) is 27.2 Å². The number of allylic oxidation sites excluding steroid dienone is 1. The first-order chi connectivity index (χ1) is 14.9. The van der Waals surface area contributed by atoms with Gasteiger partial charge in [-0.25, -0.2) is 0 Å². The molecule has 0 heterocycles. The van der Waals surface area contributed by atoms with Crippen LogP contribution < -0.4 is 4.84 Å². The van der Waals surface area contributed by atoms with Gasteiger partial charge in [0.15, 0.2) is 5.75 Å². The van der Waals surface area contributed by atoms with Crippen LogP contribution >= 0.6 is 0 Å². The van der Waals surface area contributed by atoms with Gasteiger partial charge >= 0.3 is 5.97 Å². The van der Waals surface area contributed by atoms with Crippen LogP contribution in [0.5, 0.6) is 5.75 Å². The number of benzene rings is 1. The minimum absolute atomic E-state index is 0.0710. The van der Waals surface area contributed by atoms with E-state index in [4.69, 9.17) is 4.84 Å². The fourth-order valence-corrected chi connectivity index (χ4v) is 5.18. The lowest BCUT2D eigenvalue weighted by molar-refractivity contribution is -0.154. The van der Waals surface area contributed by atoms with Crippen molar-refractivity contribution in [3.05, 3.63) is 35.4 Å². The quantitative estimate of drug-likeness (QED) is 0.430. The maximum absolute atomic E-state index is 11.8. The van der Waals surface area contributed by atoms with Crippen LogP contribution in [0.25, 0.3) is 5.57 Å². The Morgan fingerprint density at radius 1 is 1.13 bits per heavy atom. The molecule has 0 radical (unpaired) electrons. The number of carbonyl (C=O) groups excluding carboxylic acids is 1. The van der Waals surface area contributed by atoms with E-state index >= 15 is 0 Å². The first-order valence-corrected chi connectivity index (χ1v) is 11.5. The van der Waals surface area contributed by atoms with Crippen molar-refractivity contribution in [1.82, 2.24) is 9.96 Å². The lowest BCUT2D eigenvalue weighted by Crippen LogP contribution is -2.41. The second-order valence-electron chi connectivity index (χ2n) is 9.46. The van der Waals surface area contributed by atoms with Gasteiger partial charge in [0.1, 0.15) is 0 Å². The van der Waals surface area contributed by atoms with Gasteiger partial charge in [0.25, 0.3) is 0 Å². The van der Waals surface area contributed by atoms with Gasteiger partial charge in [-0.1, -0.05) is 37.0 Å². The number of hydrogen-bond donors (Lipinski definition) is 1. The number of rotatable bonds is 10. The van der Waals surface area contributed by atoms with E-state index in [1.165, 1.54) is 29.1 Å². The molecule has 3 rings (SSSR count). The van der Waals surface area contributed by atoms with Gasteiger partial charge < -0.3 is 14.8 Å². The Balaban J connectivity index is 1.77. The van der Waals surface area contributed by atoms with Crippen molar-refractivity contribution >= 4 is 18.0 Å². The topological polar surface area (TPSA) is 70.1 Å². The van der Waals surface area contributed by atoms with E-state index in [2.05, 4.69) is 25.1 Å². The molecule has 1 aromatic carbocycles. The Bertz CT molecular complexity index is 796. The van der Waals surface area contributed by atoms with Gasteiger partial charge in [-0.2, -0.15) is 5.06 Å². The smallest absolute Gasteiger partial charge is 0.303 e. The number of hydroxylamine groups is 2. The SMILES string of the molecule is CN(C)CC1=C(c2cccc(ON(C=O)CC3(CC(=O)O)CCCCC3)c2)CCCC1. The van der Waals surface area contributed by atoms with Crippen molar-refractivity contribution < 1.29 is 19.5 Å². The first-order valence-electron chi connectivity index (χ1n) is 11.5. The van der Waals surface area contributed by atoms with Gasteiger partial charge in [0.05, 0.1) is 13.0 Å². The summed E-state index contributed by atoms with van der Waals surface area (Å²) in [6, 6.07) is 7.95. The summed E-state index contributed by atoms with van der Waals surface area (Å²) in [4.78, 5) is 31.5. The molecule has 6 nitrogen and oxygen atoms in total. The van der Waals surface area contributed by atoms with Crippen LogP contribution in [0.15, 0.2) is 29.8 Å². The zero-order chi connectivity index (χ0) is 22.3. The summed E-state index contributed by atoms with van der Waals surface area (Å²) in [5, 5.41) is 10.7. The summed E-state index contributed by atoms with van der Waals surface area (Å²) < 4.78 is 0. The summed E-state index contributed by atoms with van der Waals surface area (Å²) in [5.41, 5.74) is 3.60. The van der Waals surface area contributed by atoms with Crippen LogP contribution in [-0.2, 0) is 9.59 Å². The number of amides is 1. The highest BCUT2D eigenvalue weighted by Gasteiger charge is 2.37. The number of carbonyl (C=O) groups is 2. The lowest BCUT2D eigenvalue weighted by Gasteiger charge is -2.38. The second-order valence-corrected chi connectivity index (χ2v) is 9.46. The number of likely N-dealkylation sites (N-methyl/N-ethyl adjacent to an activating group) is 1. The first kappa shape index (κ1) is 23.3. The van der Waals surface area contributed by atoms with Gasteiger partial charge in [0, 0.05) is 12.0 Å². The molecule has 1 amide bonds. The molecule has 0 bridgehead atoms. The molecule has 170 valence electrons. The summed E-state index contributed by atoms with van der Waals surface area (Å²) >= 11 is 0. The minimum Gasteiger partial charge on any atom is -0.481 e. The average molecular weight is 429 g/mol. The molecule has 1 fully saturated rings. The van der Waals surface area contributed by atoms with Crippen molar-refractivity contribution in [3.63, 3.8) is 0 Å². The molecule has 0 spiro atoms. The van der Waals surface area contributed by atoms with Crippen LogP contribution in [0.1, 0.15) is 69.8 Å². The summed E-state index contributed by atoms with van der Waals surface area (Å²) in [7, 11) is 4.19. The van der Waals surface area contributed by atoms with Crippen LogP contribution in [0.4, 0.5) is 0 Å². The standard InChI is InChI=1S/C25H36N2O4/c1-26(2)17-21-9-4-5-12-23(21)20-10-8-11-22(15-20)31-27(19-28)18-25(16-24(29)30)13-6-3-7-14-25/h8,10-11,15,19H,3-7,9,12-14,16-18H2,1-2H3,(H,29,30). The normalized spacial score (nSPS) is 18.7. The summed E-state index contributed by atoms with van der Waals surface area (Å²) in [6.45, 7) is 1.26. The van der Waals surface area contributed by atoms with Crippen LogP contribution in [0.2, 0.25) is 0 Å². The minimum atomic E-state index is -0.813. The highest BCUT2D eigenvalue weighted by molar-refractivity contribution is 5.71. The van der Waals surface area contributed by atoms with Gasteiger partial charge in [-0.15, -0.1) is 0 Å². The molecule has 1 aromatic rings. The molecule has 2 aliphatic carbocycles. The largest absolute Gasteiger partial charge is 0.481 e. The number of carboxylic acids is 1. The molecule has 0 aliphatic heterocycles. The average Bonchev–Trinajstić information content (AvgIpc) is 2.73. The van der Waals surface area contributed by atoms with Gasteiger partial charge in [-0.05, 0) is 75.9 Å². The van der Waals surface area contributed by atoms with Gasteiger partial charge in [-0.3, -0.25) is 9.59 Å². The van der Waals surface area contributed by atoms with Crippen LogP contribution in [0, 0.1) is 5.41 Å². The molecule has 0 saturated heterocycles. The van der Waals surface area contributed by atoms with Gasteiger partial charge in [0.2, 0.25) is 6.41 Å². The summed E-state index contributed by atoms with van der Waals surface area (Å²) in [5.74, 6) is -0.194. The third-order valence-electron chi connectivity index (χ3n) is 6.54. The van der Waals surface area contributed by atoms with Crippen molar-refractivity contribution in [1.29, 1.82) is 0 Å². The van der Waals surface area contributed by atoms with Crippen LogP contribution in [-0.4, -0.2) is 54.6 Å². The maximum atomic E-state index is 11.8. The highest BCUT2D eigenvalue weighted by atomic mass is 16.7. The number of aliphatic carboxylic acids is 1. The van der Waals surface area contributed by atoms with Crippen LogP contribution in [0.3, 0.4) is 0 Å². The fourth-order valence-electron chi connectivity index (χ4n) is 5.18. The Hall–Kier alpha value is -2.34. The number of carboxylic acid groups (broad SMARTS) is 1. The predicted octanol–water partition coefficient (Wildman–Crippen LogP) is 4.75. The Morgan fingerprint density at radius 2 is 1.87 bits per heavy atom. The van der Waals surface area contributed by atoms with E-state index in [0.29, 0.717) is 18.7 Å². The molecule has 6 heteroatoms. The molecule has 2 aliphatic rings. The molecule has 0 unspecified atom stereocenters. The third-order valence-corrected chi connectivity index (χ3v) is 6.54. The number of hydrogen-bond acceptors (Lipinski definition) is 4. The van der Waals surface area contributed by atoms with E-state index < -0.39 is 11.4 Å². The molecular weight excluding hydrogens is 392 g/mol. The van der Waals surface area contributed by atoms with Crippen molar-refractivity contribution in [2.24, 2.45) is 5.41 Å². The lowest BCUT2D eigenvalue weighted by atomic mass is 9.71. The maximum Gasteiger partial charge on any atom is 0.303 e. The predicted molar refractivity (Wildman–Crippen MR) is 122 cm³/mol. The van der Waals surface area contributed by atoms with Crippen molar-refractivity contribution in [3.8, 4) is 5.75 Å². The molecule has 1 saturated carbocycles. The second kappa shape index (κ2) is 10.8. The van der Waals surface area contributed by atoms with E-state index in [1.807, 2.05) is 18.2 Å². The zero-order valence-corrected chi connectivity index (χ0v) is 18.9. The molecule has 0 atom stereocenters. The Labute approximate surface area is 185 Å². The monoisotopic (exact) mass is 428 g/mol. The van der Waals surface area contributed by atoms with E-state index in [-0.39, 0.29) is 6.42 Å². The molecule has 0 aromatic heterocycles. The fraction of sp³-hybridized carbons (Fsp3) is 0.600. The van der Waals surface area contributed by atoms with E-state index in [0.717, 1.165) is 57.1 Å². The molecular formula is C25H36N2O4. The summed E-state index contributed by atoms with van der Waals surface area (Å²) in [6.07, 6.45) is 10.1. The Morgan fingerprint density at radius 3 is 2.55 bits per heavy atom. The van der Waals surface area contributed by atoms with E-state index in [1.54, 1.807) is 0 Å². The van der Waals surface area contributed by atoms with Crippen molar-refractivity contribution in [2.45, 2.75) is 64.2 Å². The van der Waals surface area contributed by atoms with E-state index in [9.17, 15) is 14.7 Å². The third kappa shape index (κ3) is 6.57. The number of nitrogens with zero attached hydrogens (tertiary/aromatic N) is 2. The molecule has 31 heavy (non-hydrogen) atoms. The highest BCUT2D eigenvalue weighted by Crippen LogP contribution is 2.40. The Kier molecular flexibility index (Phi) is 8.13.